The van der Waals surface area contributed by atoms with Gasteiger partial charge in [-0.15, -0.1) is 0 Å². The van der Waals surface area contributed by atoms with Crippen molar-refractivity contribution in [3.8, 4) is 0 Å². The molecule has 0 aromatic heterocycles. The average molecular weight is 294 g/mol. The van der Waals surface area contributed by atoms with Gasteiger partial charge < -0.3 is 19.3 Å². The van der Waals surface area contributed by atoms with Crippen molar-refractivity contribution in [1.29, 1.82) is 0 Å². The van der Waals surface area contributed by atoms with Crippen molar-refractivity contribution in [3.05, 3.63) is 0 Å². The molecule has 0 saturated carbocycles. The Morgan fingerprint density at radius 3 is 1.12 bits per heavy atom. The summed E-state index contributed by atoms with van der Waals surface area (Å²) in [5.74, 6) is 0. The summed E-state index contributed by atoms with van der Waals surface area (Å²) < 4.78 is 60.5. The first kappa shape index (κ1) is 22.9. The van der Waals surface area contributed by atoms with Crippen LogP contribution in [0.2, 0.25) is 0 Å². The third kappa shape index (κ3) is 9.74. The van der Waals surface area contributed by atoms with E-state index in [0.717, 1.165) is 0 Å². The topological polar surface area (TPSA) is 155 Å². The van der Waals surface area contributed by atoms with Crippen LogP contribution in [0.4, 0.5) is 0 Å². The van der Waals surface area contributed by atoms with Crippen LogP contribution in [0.1, 0.15) is 12.8 Å². The molecule has 0 unspecified atom stereocenters. The first-order valence-electron chi connectivity index (χ1n) is 3.30. The fourth-order valence-corrected chi connectivity index (χ4v) is 1.42. The predicted octanol–water partition coefficient (Wildman–Crippen LogP) is -8.50. The summed E-state index contributed by atoms with van der Waals surface area (Å²) in [6.45, 7) is 0. The monoisotopic (exact) mass is 294 g/mol. The fourth-order valence-electron chi connectivity index (χ4n) is 0.574. The van der Waals surface area contributed by atoms with Crippen LogP contribution in [0.25, 0.3) is 0 Å². The van der Waals surface area contributed by atoms with Gasteiger partial charge in [-0.1, -0.05) is 0 Å². The van der Waals surface area contributed by atoms with E-state index in [4.69, 9.17) is 10.2 Å². The Hall–Kier alpha value is 1.74. The quantitative estimate of drug-likeness (QED) is 0.374. The van der Waals surface area contributed by atoms with Crippen molar-refractivity contribution in [2.45, 2.75) is 23.7 Å². The smallest absolute Gasteiger partial charge is 0.746 e. The molecular weight excluding hydrogens is 286 g/mol. The Kier molecular flexibility index (Phi) is 12.5. The molecule has 12 heteroatoms. The van der Waals surface area contributed by atoms with Crippen molar-refractivity contribution in [2.75, 3.05) is 0 Å². The van der Waals surface area contributed by atoms with Gasteiger partial charge in [0.05, 0.1) is 0 Å². The molecule has 0 aliphatic carbocycles. The summed E-state index contributed by atoms with van der Waals surface area (Å²) >= 11 is 0. The largest absolute Gasteiger partial charge is 1.00 e. The number of hydrogen-bond acceptors (Lipinski definition) is 8. The number of aliphatic hydroxyl groups excluding tert-OH is 2. The van der Waals surface area contributed by atoms with Gasteiger partial charge in [-0.3, -0.25) is 0 Å². The number of hydrogen-bond donors (Lipinski definition) is 2. The van der Waals surface area contributed by atoms with Gasteiger partial charge in [-0.05, 0) is 12.8 Å². The first-order valence-corrected chi connectivity index (χ1v) is 6.25. The molecule has 2 N–H and O–H groups in total. The zero-order valence-electron chi connectivity index (χ0n) is 8.73. The Morgan fingerprint density at radius 1 is 0.812 bits per heavy atom. The normalized spacial score (nSPS) is 15.5. The number of rotatable bonds is 5. The van der Waals surface area contributed by atoms with E-state index in [1.54, 1.807) is 0 Å². The summed E-state index contributed by atoms with van der Waals surface area (Å²) in [7, 11) is -9.89. The van der Waals surface area contributed by atoms with Crippen molar-refractivity contribution in [1.82, 2.24) is 0 Å². The van der Waals surface area contributed by atoms with Gasteiger partial charge in [-0.2, -0.15) is 0 Å². The second-order valence-corrected chi connectivity index (χ2v) is 5.53. The molecule has 0 aromatic rings. The summed E-state index contributed by atoms with van der Waals surface area (Å²) in [5.41, 5.74) is -4.64. The molecule has 2 atom stereocenters. The van der Waals surface area contributed by atoms with Gasteiger partial charge in [0, 0.05) is 0 Å². The predicted molar refractivity (Wildman–Crippen MR) is 40.6 cm³/mol. The average Bonchev–Trinajstić information content (AvgIpc) is 1.95. The van der Waals surface area contributed by atoms with Crippen molar-refractivity contribution in [3.63, 3.8) is 0 Å². The summed E-state index contributed by atoms with van der Waals surface area (Å²) in [6, 6.07) is 0. The van der Waals surface area contributed by atoms with E-state index in [-0.39, 0.29) is 59.1 Å². The Bertz CT molecular complexity index is 337. The van der Waals surface area contributed by atoms with Crippen LogP contribution in [-0.2, 0) is 20.2 Å². The Morgan fingerprint density at radius 2 is 1.00 bits per heavy atom. The van der Waals surface area contributed by atoms with Crippen LogP contribution in [-0.4, -0.2) is 47.0 Å². The minimum absolute atomic E-state index is 0. The van der Waals surface area contributed by atoms with E-state index in [1.807, 2.05) is 0 Å². The second kappa shape index (κ2) is 8.77. The molecule has 0 fully saturated rings. The van der Waals surface area contributed by atoms with Gasteiger partial charge in [-0.25, -0.2) is 16.8 Å². The maximum Gasteiger partial charge on any atom is 1.00 e. The molecule has 0 spiro atoms. The minimum Gasteiger partial charge on any atom is -0.746 e. The SMILES string of the molecule is O=S(=O)([O-])[C@H](O)CC[C@H](O)S(=O)(=O)[O-].[Na+].[Na+]. The van der Waals surface area contributed by atoms with E-state index >= 15 is 0 Å². The molecule has 16 heavy (non-hydrogen) atoms. The van der Waals surface area contributed by atoms with E-state index in [1.165, 1.54) is 0 Å². The van der Waals surface area contributed by atoms with E-state index in [0.29, 0.717) is 0 Å². The molecule has 0 aliphatic heterocycles. The van der Waals surface area contributed by atoms with Crippen LogP contribution in [0.5, 0.6) is 0 Å². The van der Waals surface area contributed by atoms with E-state index < -0.39 is 43.9 Å². The fraction of sp³-hybridized carbons (Fsp3) is 1.00. The van der Waals surface area contributed by atoms with Crippen LogP contribution in [0, 0.1) is 0 Å². The second-order valence-electron chi connectivity index (χ2n) is 2.47. The van der Waals surface area contributed by atoms with Crippen LogP contribution in [0.3, 0.4) is 0 Å². The molecule has 0 aliphatic rings. The van der Waals surface area contributed by atoms with Crippen LogP contribution in [0.15, 0.2) is 0 Å². The third-order valence-corrected chi connectivity index (χ3v) is 3.13. The van der Waals surface area contributed by atoms with Crippen molar-refractivity contribution in [2.24, 2.45) is 0 Å². The maximum atomic E-state index is 10.1. The van der Waals surface area contributed by atoms with Gasteiger partial charge in [0.25, 0.3) is 0 Å². The van der Waals surface area contributed by atoms with Crippen molar-refractivity contribution < 1.29 is 95.3 Å². The van der Waals surface area contributed by atoms with Crippen LogP contribution >= 0.6 is 0 Å². The van der Waals surface area contributed by atoms with E-state index in [2.05, 4.69) is 0 Å². The molecular formula is C4H8Na2O8S2. The van der Waals surface area contributed by atoms with Gasteiger partial charge in [0.2, 0.25) is 0 Å². The zero-order chi connectivity index (χ0) is 11.6. The standard InChI is InChI=1S/C4H10O8S2.2Na/c5-3(13(7,8)9)1-2-4(6)14(10,11)12;;/h3-6H,1-2H2,(H,7,8,9)(H,10,11,12);;/q;2*+1/p-2/t3-,4+;;. The summed E-state index contributed by atoms with van der Waals surface area (Å²) in [4.78, 5) is 0. The molecule has 0 bridgehead atoms. The first-order chi connectivity index (χ1) is 6.05. The molecule has 0 saturated heterocycles. The minimum atomic E-state index is -4.95. The molecule has 0 heterocycles. The maximum absolute atomic E-state index is 10.1. The molecule has 0 aromatic carbocycles. The van der Waals surface area contributed by atoms with Gasteiger partial charge >= 0.3 is 59.1 Å². The van der Waals surface area contributed by atoms with Crippen LogP contribution < -0.4 is 59.1 Å². The molecule has 0 amide bonds. The van der Waals surface area contributed by atoms with E-state index in [9.17, 15) is 25.9 Å². The third-order valence-electron chi connectivity index (χ3n) is 1.33. The Balaban J connectivity index is -0.000000845. The molecule has 0 rings (SSSR count). The van der Waals surface area contributed by atoms with Gasteiger partial charge in [0.1, 0.15) is 31.1 Å². The molecule has 0 radical (unpaired) electrons. The molecule has 8 nitrogen and oxygen atoms in total. The number of aliphatic hydroxyl groups is 2. The van der Waals surface area contributed by atoms with Gasteiger partial charge in [0.15, 0.2) is 0 Å². The summed E-state index contributed by atoms with van der Waals surface area (Å²) in [5, 5.41) is 17.2. The Labute approximate surface area is 138 Å². The molecule has 86 valence electrons. The summed E-state index contributed by atoms with van der Waals surface area (Å²) in [6.07, 6.45) is -1.62. The zero-order valence-corrected chi connectivity index (χ0v) is 14.4. The van der Waals surface area contributed by atoms with Crippen molar-refractivity contribution >= 4 is 20.2 Å².